The maximum atomic E-state index is 11.8. The lowest BCUT2D eigenvalue weighted by molar-refractivity contribution is 0.252. The van der Waals surface area contributed by atoms with Crippen molar-refractivity contribution in [1.82, 2.24) is 20.4 Å². The lowest BCUT2D eigenvalue weighted by Gasteiger charge is -2.24. The molecule has 6 heteroatoms. The van der Waals surface area contributed by atoms with Gasteiger partial charge < -0.3 is 10.6 Å². The van der Waals surface area contributed by atoms with Crippen molar-refractivity contribution in [2.75, 3.05) is 18.0 Å². The van der Waals surface area contributed by atoms with Gasteiger partial charge in [-0.3, -0.25) is 4.90 Å². The molecule has 1 atom stereocenters. The molecule has 1 aliphatic heterocycles. The maximum absolute atomic E-state index is 11.8. The van der Waals surface area contributed by atoms with Gasteiger partial charge in [0.25, 0.3) is 0 Å². The van der Waals surface area contributed by atoms with Crippen LogP contribution in [0, 0.1) is 13.8 Å². The van der Waals surface area contributed by atoms with Crippen LogP contribution in [0.5, 0.6) is 0 Å². The Hall–Kier alpha value is -3.12. The van der Waals surface area contributed by atoms with Crippen molar-refractivity contribution >= 4 is 11.7 Å². The summed E-state index contributed by atoms with van der Waals surface area (Å²) in [7, 11) is 0. The van der Waals surface area contributed by atoms with Crippen LogP contribution in [0.4, 0.5) is 10.5 Å². The van der Waals surface area contributed by atoms with Crippen molar-refractivity contribution in [3.05, 3.63) is 76.6 Å². The highest BCUT2D eigenvalue weighted by molar-refractivity contribution is 5.93. The molecule has 31 heavy (non-hydrogen) atoms. The van der Waals surface area contributed by atoms with Crippen LogP contribution in [0.15, 0.2) is 48.7 Å². The van der Waals surface area contributed by atoms with Gasteiger partial charge in [0.2, 0.25) is 0 Å². The summed E-state index contributed by atoms with van der Waals surface area (Å²) in [6.45, 7) is 6.53. The number of rotatable bonds is 5. The molecule has 1 fully saturated rings. The van der Waals surface area contributed by atoms with Crippen LogP contribution in [-0.4, -0.2) is 28.9 Å². The lowest BCUT2D eigenvalue weighted by atomic mass is 9.92. The molecule has 0 radical (unpaired) electrons. The van der Waals surface area contributed by atoms with Crippen molar-refractivity contribution in [3.8, 4) is 5.69 Å². The summed E-state index contributed by atoms with van der Waals surface area (Å²) in [5.41, 5.74) is 8.55. The number of nitrogens with zero attached hydrogens (tertiary/aromatic N) is 3. The quantitative estimate of drug-likeness (QED) is 0.657. The van der Waals surface area contributed by atoms with E-state index in [1.807, 2.05) is 18.3 Å². The van der Waals surface area contributed by atoms with Gasteiger partial charge in [-0.05, 0) is 74.1 Å². The van der Waals surface area contributed by atoms with Crippen molar-refractivity contribution in [1.29, 1.82) is 0 Å². The average molecular weight is 416 g/mol. The molecule has 3 aromatic rings. The number of carbonyl (C=O) groups is 1. The second kappa shape index (κ2) is 8.19. The Labute approximate surface area is 183 Å². The van der Waals surface area contributed by atoms with Gasteiger partial charge in [0.15, 0.2) is 0 Å². The van der Waals surface area contributed by atoms with Crippen LogP contribution in [-0.2, 0) is 13.0 Å². The first-order valence-electron chi connectivity index (χ1n) is 11.1. The molecule has 0 spiro atoms. The summed E-state index contributed by atoms with van der Waals surface area (Å²) >= 11 is 0. The van der Waals surface area contributed by atoms with Crippen molar-refractivity contribution in [3.63, 3.8) is 0 Å². The molecule has 160 valence electrons. The standard InChI is InChI=1S/C25H29N5O/c1-17-6-9-21(14-18(17)2)30-24-5-3-4-23(22(24)16-28-30)27-15-19-7-10-20(11-8-19)29-13-12-26-25(29)31/h6-11,14,16,23,27H,3-5,12-13,15H2,1-2H3,(H,26,31)/t23-/m1/s1. The van der Waals surface area contributed by atoms with E-state index in [1.54, 1.807) is 4.90 Å². The minimum atomic E-state index is -0.0126. The average Bonchev–Trinajstić information content (AvgIpc) is 3.41. The minimum Gasteiger partial charge on any atom is -0.336 e. The summed E-state index contributed by atoms with van der Waals surface area (Å²) in [4.78, 5) is 13.6. The van der Waals surface area contributed by atoms with Gasteiger partial charge >= 0.3 is 6.03 Å². The van der Waals surface area contributed by atoms with Crippen LogP contribution in [0.2, 0.25) is 0 Å². The first-order valence-corrected chi connectivity index (χ1v) is 11.1. The normalized spacial score (nSPS) is 18.2. The third-order valence-electron chi connectivity index (χ3n) is 6.58. The van der Waals surface area contributed by atoms with Gasteiger partial charge in [0.05, 0.1) is 11.9 Å². The summed E-state index contributed by atoms with van der Waals surface area (Å²) in [5, 5.41) is 11.3. The third-order valence-corrected chi connectivity index (χ3v) is 6.58. The molecule has 1 aromatic heterocycles. The Morgan fingerprint density at radius 1 is 1.10 bits per heavy atom. The van der Waals surface area contributed by atoms with E-state index in [1.165, 1.54) is 27.9 Å². The van der Waals surface area contributed by atoms with Crippen LogP contribution in [0.3, 0.4) is 0 Å². The molecule has 6 nitrogen and oxygen atoms in total. The number of anilines is 1. The van der Waals surface area contributed by atoms with Gasteiger partial charge in [-0.15, -0.1) is 0 Å². The largest absolute Gasteiger partial charge is 0.336 e. The van der Waals surface area contributed by atoms with Crippen molar-refractivity contribution in [2.45, 2.75) is 45.7 Å². The second-order valence-corrected chi connectivity index (χ2v) is 8.60. The van der Waals surface area contributed by atoms with Crippen molar-refractivity contribution < 1.29 is 4.79 Å². The Kier molecular flexibility index (Phi) is 5.24. The summed E-state index contributed by atoms with van der Waals surface area (Å²) in [6, 6.07) is 15.1. The van der Waals surface area contributed by atoms with Crippen LogP contribution < -0.4 is 15.5 Å². The van der Waals surface area contributed by atoms with E-state index in [-0.39, 0.29) is 6.03 Å². The molecule has 2 amide bonds. The number of hydrogen-bond acceptors (Lipinski definition) is 3. The van der Waals surface area contributed by atoms with E-state index in [0.29, 0.717) is 12.6 Å². The first kappa shape index (κ1) is 19.8. The molecule has 0 unspecified atom stereocenters. The monoisotopic (exact) mass is 415 g/mol. The highest BCUT2D eigenvalue weighted by atomic mass is 16.2. The van der Waals surface area contributed by atoms with E-state index in [9.17, 15) is 4.79 Å². The number of amides is 2. The highest BCUT2D eigenvalue weighted by Gasteiger charge is 2.25. The van der Waals surface area contributed by atoms with Gasteiger partial charge in [0.1, 0.15) is 0 Å². The predicted octanol–water partition coefficient (Wildman–Crippen LogP) is 4.19. The fraction of sp³-hybridized carbons (Fsp3) is 0.360. The zero-order valence-corrected chi connectivity index (χ0v) is 18.2. The molecule has 2 heterocycles. The molecule has 0 saturated carbocycles. The zero-order valence-electron chi connectivity index (χ0n) is 18.2. The highest BCUT2D eigenvalue weighted by Crippen LogP contribution is 2.31. The van der Waals surface area contributed by atoms with E-state index < -0.39 is 0 Å². The molecule has 0 bridgehead atoms. The summed E-state index contributed by atoms with van der Waals surface area (Å²) in [6.07, 6.45) is 5.38. The summed E-state index contributed by atoms with van der Waals surface area (Å²) in [5.74, 6) is 0. The van der Waals surface area contributed by atoms with E-state index in [4.69, 9.17) is 5.10 Å². The number of aromatic nitrogens is 2. The molecule has 2 aromatic carbocycles. The predicted molar refractivity (Wildman–Crippen MR) is 123 cm³/mol. The number of fused-ring (bicyclic) bond motifs is 1. The molecule has 1 saturated heterocycles. The Balaban J connectivity index is 1.29. The van der Waals surface area contributed by atoms with Gasteiger partial charge in [-0.2, -0.15) is 5.10 Å². The van der Waals surface area contributed by atoms with Crippen LogP contribution in [0.1, 0.15) is 46.8 Å². The number of benzene rings is 2. The molecule has 2 N–H and O–H groups in total. The molecule has 5 rings (SSSR count). The molecular formula is C25H29N5O. The molecule has 2 aliphatic rings. The number of urea groups is 1. The number of carbonyl (C=O) groups excluding carboxylic acids is 1. The van der Waals surface area contributed by atoms with Crippen molar-refractivity contribution in [2.24, 2.45) is 0 Å². The van der Waals surface area contributed by atoms with Crippen LogP contribution >= 0.6 is 0 Å². The molecule has 1 aliphatic carbocycles. The Bertz CT molecular complexity index is 1100. The number of nitrogens with one attached hydrogen (secondary N) is 2. The minimum absolute atomic E-state index is 0.0126. The van der Waals surface area contributed by atoms with E-state index >= 15 is 0 Å². The van der Waals surface area contributed by atoms with Gasteiger partial charge in [-0.1, -0.05) is 18.2 Å². The fourth-order valence-corrected chi connectivity index (χ4v) is 4.60. The van der Waals surface area contributed by atoms with E-state index in [2.05, 4.69) is 59.5 Å². The lowest BCUT2D eigenvalue weighted by Crippen LogP contribution is -2.27. The summed E-state index contributed by atoms with van der Waals surface area (Å²) < 4.78 is 2.12. The maximum Gasteiger partial charge on any atom is 0.321 e. The van der Waals surface area contributed by atoms with E-state index in [0.717, 1.165) is 43.7 Å². The fourth-order valence-electron chi connectivity index (χ4n) is 4.60. The second-order valence-electron chi connectivity index (χ2n) is 8.60. The van der Waals surface area contributed by atoms with Gasteiger partial charge in [-0.25, -0.2) is 9.48 Å². The molecular weight excluding hydrogens is 386 g/mol. The topological polar surface area (TPSA) is 62.2 Å². The number of aryl methyl sites for hydroxylation is 2. The van der Waals surface area contributed by atoms with Gasteiger partial charge in [0, 0.05) is 42.6 Å². The number of hydrogen-bond donors (Lipinski definition) is 2. The van der Waals surface area contributed by atoms with Crippen LogP contribution in [0.25, 0.3) is 5.69 Å². The first-order chi connectivity index (χ1) is 15.1. The SMILES string of the molecule is Cc1ccc(-n2ncc3c2CCC[C@H]3NCc2ccc(N3CCNC3=O)cc2)cc1C. The smallest absolute Gasteiger partial charge is 0.321 e. The third kappa shape index (κ3) is 3.83. The Morgan fingerprint density at radius 3 is 2.65 bits per heavy atom. The zero-order chi connectivity index (χ0) is 21.4. The Morgan fingerprint density at radius 2 is 1.90 bits per heavy atom.